The highest BCUT2D eigenvalue weighted by Crippen LogP contribution is 2.22. The number of carbonyl (C=O) groups excluding carboxylic acids is 1. The molecule has 18 heavy (non-hydrogen) atoms. The molecule has 1 saturated heterocycles. The minimum absolute atomic E-state index is 0.0369. The van der Waals surface area contributed by atoms with Crippen LogP contribution < -0.4 is 10.1 Å². The van der Waals surface area contributed by atoms with E-state index in [1.165, 1.54) is 0 Å². The zero-order valence-electron chi connectivity index (χ0n) is 10.9. The number of benzene rings is 1. The van der Waals surface area contributed by atoms with Crippen LogP contribution in [0.25, 0.3) is 0 Å². The molecule has 1 N–H and O–H groups in total. The number of carbonyl (C=O) groups is 1. The molecule has 3 heteroatoms. The zero-order chi connectivity index (χ0) is 12.8. The minimum atomic E-state index is -0.0369. The first-order valence-electron chi connectivity index (χ1n) is 6.82. The Morgan fingerprint density at radius 3 is 2.94 bits per heavy atom. The standard InChI is InChI=1S/C15H21NO2/c1-2-11-18-14-9-4-3-7-12(14)15(17)13-8-5-6-10-16-13/h3-4,7,9,13,16H,2,5-6,8,10-11H2,1H3. The van der Waals surface area contributed by atoms with Crippen LogP contribution >= 0.6 is 0 Å². The molecule has 1 unspecified atom stereocenters. The maximum atomic E-state index is 12.4. The summed E-state index contributed by atoms with van der Waals surface area (Å²) >= 11 is 0. The summed E-state index contributed by atoms with van der Waals surface area (Å²) in [6, 6.07) is 7.52. The summed E-state index contributed by atoms with van der Waals surface area (Å²) in [5.41, 5.74) is 0.713. The molecule has 1 aromatic carbocycles. The van der Waals surface area contributed by atoms with Crippen molar-refractivity contribution in [3.8, 4) is 5.75 Å². The van der Waals surface area contributed by atoms with Gasteiger partial charge < -0.3 is 10.1 Å². The minimum Gasteiger partial charge on any atom is -0.493 e. The number of nitrogens with one attached hydrogen (secondary N) is 1. The molecule has 0 amide bonds. The van der Waals surface area contributed by atoms with E-state index in [2.05, 4.69) is 12.2 Å². The van der Waals surface area contributed by atoms with E-state index < -0.39 is 0 Å². The second kappa shape index (κ2) is 6.55. The van der Waals surface area contributed by atoms with Crippen molar-refractivity contribution in [3.05, 3.63) is 29.8 Å². The molecule has 2 rings (SSSR count). The summed E-state index contributed by atoms with van der Waals surface area (Å²) in [6.07, 6.45) is 4.17. The molecule has 1 aromatic rings. The average Bonchev–Trinajstić information content (AvgIpc) is 2.45. The molecule has 1 heterocycles. The van der Waals surface area contributed by atoms with E-state index in [9.17, 15) is 4.79 Å². The second-order valence-electron chi connectivity index (χ2n) is 4.71. The predicted octanol–water partition coefficient (Wildman–Crippen LogP) is 2.80. The van der Waals surface area contributed by atoms with Crippen molar-refractivity contribution in [3.63, 3.8) is 0 Å². The van der Waals surface area contributed by atoms with E-state index in [4.69, 9.17) is 4.74 Å². The lowest BCUT2D eigenvalue weighted by molar-refractivity contribution is 0.0923. The molecule has 3 nitrogen and oxygen atoms in total. The maximum absolute atomic E-state index is 12.4. The Hall–Kier alpha value is -1.35. The van der Waals surface area contributed by atoms with Crippen molar-refractivity contribution >= 4 is 5.78 Å². The Balaban J connectivity index is 2.12. The Morgan fingerprint density at radius 2 is 2.22 bits per heavy atom. The van der Waals surface area contributed by atoms with Gasteiger partial charge in [-0.1, -0.05) is 25.5 Å². The molecule has 1 atom stereocenters. The Bertz CT molecular complexity index is 397. The highest BCUT2D eigenvalue weighted by molar-refractivity contribution is 6.02. The van der Waals surface area contributed by atoms with Crippen LogP contribution in [0.1, 0.15) is 43.0 Å². The number of piperidine rings is 1. The fourth-order valence-electron chi connectivity index (χ4n) is 2.27. The van der Waals surface area contributed by atoms with Gasteiger partial charge in [-0.3, -0.25) is 4.79 Å². The molecular weight excluding hydrogens is 226 g/mol. The molecule has 1 fully saturated rings. The fourth-order valence-corrected chi connectivity index (χ4v) is 2.27. The Morgan fingerprint density at radius 1 is 1.39 bits per heavy atom. The number of Topliss-reactive ketones (excluding diaryl/α,β-unsaturated/α-hetero) is 1. The van der Waals surface area contributed by atoms with Gasteiger partial charge in [0.1, 0.15) is 5.75 Å². The maximum Gasteiger partial charge on any atom is 0.183 e. The van der Waals surface area contributed by atoms with Gasteiger partial charge in [-0.25, -0.2) is 0 Å². The van der Waals surface area contributed by atoms with Crippen molar-refractivity contribution in [1.82, 2.24) is 5.32 Å². The lowest BCUT2D eigenvalue weighted by Gasteiger charge is -2.23. The average molecular weight is 247 g/mol. The second-order valence-corrected chi connectivity index (χ2v) is 4.71. The van der Waals surface area contributed by atoms with Crippen molar-refractivity contribution in [2.45, 2.75) is 38.6 Å². The molecule has 0 bridgehead atoms. The van der Waals surface area contributed by atoms with Gasteiger partial charge in [0.2, 0.25) is 0 Å². The number of para-hydroxylation sites is 1. The lowest BCUT2D eigenvalue weighted by Crippen LogP contribution is -2.40. The monoisotopic (exact) mass is 247 g/mol. The highest BCUT2D eigenvalue weighted by Gasteiger charge is 2.24. The quantitative estimate of drug-likeness (QED) is 0.813. The molecule has 0 aliphatic carbocycles. The summed E-state index contributed by atoms with van der Waals surface area (Å²) in [4.78, 5) is 12.4. The molecule has 0 saturated carbocycles. The molecule has 98 valence electrons. The first kappa shape index (κ1) is 13.1. The number of rotatable bonds is 5. The third kappa shape index (κ3) is 3.10. The van der Waals surface area contributed by atoms with E-state index in [-0.39, 0.29) is 11.8 Å². The van der Waals surface area contributed by atoms with E-state index in [0.29, 0.717) is 12.2 Å². The molecule has 0 spiro atoms. The van der Waals surface area contributed by atoms with Crippen molar-refractivity contribution in [2.24, 2.45) is 0 Å². The Labute approximate surface area is 109 Å². The topological polar surface area (TPSA) is 38.3 Å². The molecule has 0 radical (unpaired) electrons. The summed E-state index contributed by atoms with van der Waals surface area (Å²) < 4.78 is 5.65. The smallest absolute Gasteiger partial charge is 0.183 e. The summed E-state index contributed by atoms with van der Waals surface area (Å²) in [6.45, 7) is 3.66. The third-order valence-electron chi connectivity index (χ3n) is 3.24. The van der Waals surface area contributed by atoms with Gasteiger partial charge >= 0.3 is 0 Å². The van der Waals surface area contributed by atoms with Gasteiger partial charge in [0, 0.05) is 0 Å². The SMILES string of the molecule is CCCOc1ccccc1C(=O)C1CCCCN1. The number of ether oxygens (including phenoxy) is 1. The van der Waals surface area contributed by atoms with Gasteiger partial charge in [0.25, 0.3) is 0 Å². The van der Waals surface area contributed by atoms with Gasteiger partial charge in [-0.2, -0.15) is 0 Å². The highest BCUT2D eigenvalue weighted by atomic mass is 16.5. The van der Waals surface area contributed by atoms with Gasteiger partial charge in [-0.15, -0.1) is 0 Å². The van der Waals surface area contributed by atoms with E-state index in [1.54, 1.807) is 0 Å². The van der Waals surface area contributed by atoms with Crippen LogP contribution in [0, 0.1) is 0 Å². The van der Waals surface area contributed by atoms with Crippen LogP contribution in [0.5, 0.6) is 5.75 Å². The normalized spacial score (nSPS) is 19.5. The summed E-state index contributed by atoms with van der Waals surface area (Å²) in [5.74, 6) is 0.887. The van der Waals surface area contributed by atoms with Crippen LogP contribution in [0.3, 0.4) is 0 Å². The number of ketones is 1. The van der Waals surface area contributed by atoms with E-state index in [1.807, 2.05) is 24.3 Å². The largest absolute Gasteiger partial charge is 0.493 e. The van der Waals surface area contributed by atoms with Crippen LogP contribution in [-0.4, -0.2) is 25.0 Å². The predicted molar refractivity (Wildman–Crippen MR) is 72.2 cm³/mol. The number of hydrogen-bond donors (Lipinski definition) is 1. The molecular formula is C15H21NO2. The molecule has 1 aliphatic heterocycles. The van der Waals surface area contributed by atoms with Crippen LogP contribution in [-0.2, 0) is 0 Å². The molecule has 1 aliphatic rings. The van der Waals surface area contributed by atoms with Gasteiger partial charge in [-0.05, 0) is 37.9 Å². The molecule has 0 aromatic heterocycles. The van der Waals surface area contributed by atoms with Gasteiger partial charge in [0.05, 0.1) is 18.2 Å². The van der Waals surface area contributed by atoms with E-state index in [0.717, 1.165) is 38.0 Å². The van der Waals surface area contributed by atoms with E-state index >= 15 is 0 Å². The number of hydrogen-bond acceptors (Lipinski definition) is 3. The third-order valence-corrected chi connectivity index (χ3v) is 3.24. The first-order valence-corrected chi connectivity index (χ1v) is 6.82. The van der Waals surface area contributed by atoms with Crippen LogP contribution in [0.4, 0.5) is 0 Å². The van der Waals surface area contributed by atoms with Crippen LogP contribution in [0.2, 0.25) is 0 Å². The van der Waals surface area contributed by atoms with Crippen molar-refractivity contribution in [1.29, 1.82) is 0 Å². The first-order chi connectivity index (χ1) is 8.83. The Kier molecular flexibility index (Phi) is 4.76. The van der Waals surface area contributed by atoms with Crippen LogP contribution in [0.15, 0.2) is 24.3 Å². The van der Waals surface area contributed by atoms with Crippen molar-refractivity contribution in [2.75, 3.05) is 13.2 Å². The summed E-state index contributed by atoms with van der Waals surface area (Å²) in [7, 11) is 0. The van der Waals surface area contributed by atoms with Crippen molar-refractivity contribution < 1.29 is 9.53 Å². The summed E-state index contributed by atoms with van der Waals surface area (Å²) in [5, 5.41) is 3.30. The van der Waals surface area contributed by atoms with Gasteiger partial charge in [0.15, 0.2) is 5.78 Å². The fraction of sp³-hybridized carbons (Fsp3) is 0.533. The lowest BCUT2D eigenvalue weighted by atomic mass is 9.96. The zero-order valence-corrected chi connectivity index (χ0v) is 10.9.